The summed E-state index contributed by atoms with van der Waals surface area (Å²) in [5.41, 5.74) is 0. The highest BCUT2D eigenvalue weighted by atomic mass is 32.1. The molecule has 0 aromatic carbocycles. The average Bonchev–Trinajstić information content (AvgIpc) is 3.56. The summed E-state index contributed by atoms with van der Waals surface area (Å²) in [5, 5.41) is 0. The molecule has 8 heteroatoms. The van der Waals surface area contributed by atoms with Gasteiger partial charge >= 0.3 is 0 Å². The molecule has 0 fully saturated rings. The Kier molecular flexibility index (Phi) is 6.29. The summed E-state index contributed by atoms with van der Waals surface area (Å²) in [6, 6.07) is 14.6. The first-order chi connectivity index (χ1) is 14.6. The van der Waals surface area contributed by atoms with Crippen LogP contribution in [0, 0.1) is 0 Å². The van der Waals surface area contributed by atoms with Gasteiger partial charge in [-0.1, -0.05) is 0 Å². The Morgan fingerprint density at radius 3 is 1.30 bits per heavy atom. The third kappa shape index (κ3) is 4.46. The number of hydrogen-bond donors (Lipinski definition) is 0. The number of carbonyl (C=O) groups excluding carboxylic acids is 4. The molecular formula is C22H14O4S4. The molecule has 0 N–H and O–H groups in total. The molecule has 0 saturated carbocycles. The van der Waals surface area contributed by atoms with Gasteiger partial charge in [-0.05, 0) is 48.5 Å². The minimum Gasteiger partial charge on any atom is -0.297 e. The summed E-state index contributed by atoms with van der Waals surface area (Å²) < 4.78 is 0. The monoisotopic (exact) mass is 470 g/mol. The van der Waals surface area contributed by atoms with Crippen molar-refractivity contribution in [1.29, 1.82) is 0 Å². The molecule has 0 unspecified atom stereocenters. The van der Waals surface area contributed by atoms with Crippen molar-refractivity contribution in [2.24, 2.45) is 0 Å². The first-order valence-electron chi connectivity index (χ1n) is 8.94. The van der Waals surface area contributed by atoms with E-state index in [1.54, 1.807) is 24.3 Å². The third-order valence-corrected chi connectivity index (χ3v) is 8.98. The predicted octanol–water partition coefficient (Wildman–Crippen LogP) is 6.74. The fraction of sp³-hybridized carbons (Fsp3) is 0.0909. The minimum absolute atomic E-state index is 0.0579. The Morgan fingerprint density at radius 1 is 0.567 bits per heavy atom. The second-order valence-electron chi connectivity index (χ2n) is 6.31. The van der Waals surface area contributed by atoms with Gasteiger partial charge in [-0.25, -0.2) is 0 Å². The Morgan fingerprint density at radius 2 is 0.933 bits per heavy atom. The predicted molar refractivity (Wildman–Crippen MR) is 124 cm³/mol. The third-order valence-electron chi connectivity index (χ3n) is 4.31. The molecule has 150 valence electrons. The molecule has 0 atom stereocenters. The maximum Gasteiger partial charge on any atom is 0.173 e. The van der Waals surface area contributed by atoms with Crippen LogP contribution >= 0.6 is 45.3 Å². The van der Waals surface area contributed by atoms with E-state index in [2.05, 4.69) is 0 Å². The maximum atomic E-state index is 12.5. The maximum absolute atomic E-state index is 12.5. The Hall–Kier alpha value is -2.52. The van der Waals surface area contributed by atoms with Crippen LogP contribution in [0.3, 0.4) is 0 Å². The molecule has 4 nitrogen and oxygen atoms in total. The highest BCUT2D eigenvalue weighted by Gasteiger charge is 2.16. The van der Waals surface area contributed by atoms with Crippen molar-refractivity contribution < 1.29 is 19.2 Å². The molecule has 0 aliphatic heterocycles. The lowest BCUT2D eigenvalue weighted by molar-refractivity contribution is 0.0921. The van der Waals surface area contributed by atoms with Crippen molar-refractivity contribution in [2.45, 2.75) is 12.8 Å². The topological polar surface area (TPSA) is 68.3 Å². The summed E-state index contributed by atoms with van der Waals surface area (Å²) in [4.78, 5) is 53.1. The highest BCUT2D eigenvalue weighted by Crippen LogP contribution is 2.35. The number of Topliss-reactive ketones (excluding diaryl/α,β-unsaturated/α-hetero) is 2. The van der Waals surface area contributed by atoms with Gasteiger partial charge in [-0.15, -0.1) is 45.3 Å². The first kappa shape index (κ1) is 20.7. The zero-order valence-electron chi connectivity index (χ0n) is 15.5. The van der Waals surface area contributed by atoms with Crippen LogP contribution < -0.4 is 0 Å². The van der Waals surface area contributed by atoms with Gasteiger partial charge in [0.15, 0.2) is 24.1 Å². The molecule has 0 aliphatic rings. The molecule has 0 amide bonds. The number of thiophene rings is 4. The van der Waals surface area contributed by atoms with E-state index in [0.29, 0.717) is 19.5 Å². The Balaban J connectivity index is 1.37. The van der Waals surface area contributed by atoms with Gasteiger partial charge in [-0.2, -0.15) is 0 Å². The van der Waals surface area contributed by atoms with Gasteiger partial charge in [0.25, 0.3) is 0 Å². The number of aldehydes is 2. The lowest BCUT2D eigenvalue weighted by Crippen LogP contribution is -2.02. The summed E-state index contributed by atoms with van der Waals surface area (Å²) in [6.07, 6.45) is 1.94. The van der Waals surface area contributed by atoms with Crippen molar-refractivity contribution in [3.8, 4) is 19.5 Å². The molecule has 0 aliphatic carbocycles. The fourth-order valence-electron chi connectivity index (χ4n) is 2.81. The van der Waals surface area contributed by atoms with Crippen LogP contribution in [0.15, 0.2) is 48.5 Å². The second-order valence-corrected chi connectivity index (χ2v) is 10.7. The zero-order chi connectivity index (χ0) is 21.1. The van der Waals surface area contributed by atoms with Gasteiger partial charge in [0.05, 0.1) is 19.5 Å². The smallest absolute Gasteiger partial charge is 0.173 e. The van der Waals surface area contributed by atoms with Gasteiger partial charge < -0.3 is 0 Å². The van der Waals surface area contributed by atoms with Gasteiger partial charge in [-0.3, -0.25) is 19.2 Å². The number of ketones is 2. The van der Waals surface area contributed by atoms with E-state index >= 15 is 0 Å². The number of hydrogen-bond acceptors (Lipinski definition) is 8. The summed E-state index contributed by atoms with van der Waals surface area (Å²) in [5.74, 6) is -0.116. The molecule has 4 rings (SSSR count). The van der Waals surface area contributed by atoms with Crippen LogP contribution in [0.4, 0.5) is 0 Å². The summed E-state index contributed by atoms with van der Waals surface area (Å²) >= 11 is 5.54. The molecule has 0 saturated heterocycles. The molecule has 0 bridgehead atoms. The minimum atomic E-state index is -0.0579. The number of carbonyl (C=O) groups is 4. The van der Waals surface area contributed by atoms with Crippen LogP contribution in [-0.4, -0.2) is 24.1 Å². The molecule has 30 heavy (non-hydrogen) atoms. The largest absolute Gasteiger partial charge is 0.297 e. The quantitative estimate of drug-likeness (QED) is 0.201. The standard InChI is InChI=1S/C22H14O4S4/c23-11-13-1-5-19(27-13)21-9-7-17(29-21)15(25)3-4-16(26)18-8-10-22(30-18)20-6-2-14(12-24)28-20/h1-2,5-12H,3-4H2. The van der Waals surface area contributed by atoms with E-state index in [-0.39, 0.29) is 24.4 Å². The fourth-order valence-corrected chi connectivity index (χ4v) is 6.58. The Labute approximate surface area is 188 Å². The lowest BCUT2D eigenvalue weighted by atomic mass is 10.1. The summed E-state index contributed by atoms with van der Waals surface area (Å²) in [7, 11) is 0. The van der Waals surface area contributed by atoms with Crippen LogP contribution in [0.5, 0.6) is 0 Å². The highest BCUT2D eigenvalue weighted by molar-refractivity contribution is 7.24. The SMILES string of the molecule is O=Cc1ccc(-c2ccc(C(=O)CCC(=O)c3ccc(-c4ccc(C=O)s4)s3)s2)s1. The normalized spacial score (nSPS) is 10.8. The lowest BCUT2D eigenvalue weighted by Gasteiger charge is -1.97. The van der Waals surface area contributed by atoms with Crippen LogP contribution in [0.25, 0.3) is 19.5 Å². The second kappa shape index (κ2) is 9.09. The van der Waals surface area contributed by atoms with E-state index in [4.69, 9.17) is 0 Å². The van der Waals surface area contributed by atoms with Crippen molar-refractivity contribution in [3.05, 3.63) is 68.0 Å². The van der Waals surface area contributed by atoms with E-state index in [0.717, 1.165) is 32.1 Å². The number of rotatable bonds is 9. The van der Waals surface area contributed by atoms with Crippen LogP contribution in [0.1, 0.15) is 51.5 Å². The Bertz CT molecular complexity index is 1140. The van der Waals surface area contributed by atoms with E-state index < -0.39 is 0 Å². The van der Waals surface area contributed by atoms with E-state index in [1.165, 1.54) is 45.3 Å². The molecule has 4 heterocycles. The van der Waals surface area contributed by atoms with Crippen LogP contribution in [-0.2, 0) is 0 Å². The van der Waals surface area contributed by atoms with E-state index in [9.17, 15) is 19.2 Å². The molecule has 0 radical (unpaired) electrons. The zero-order valence-corrected chi connectivity index (χ0v) is 18.7. The van der Waals surface area contributed by atoms with Gasteiger partial charge in [0.2, 0.25) is 0 Å². The van der Waals surface area contributed by atoms with Gasteiger partial charge in [0, 0.05) is 32.4 Å². The summed E-state index contributed by atoms with van der Waals surface area (Å²) in [6.45, 7) is 0. The van der Waals surface area contributed by atoms with Crippen LogP contribution in [0.2, 0.25) is 0 Å². The van der Waals surface area contributed by atoms with Crippen molar-refractivity contribution in [3.63, 3.8) is 0 Å². The average molecular weight is 471 g/mol. The molecule has 4 aromatic rings. The van der Waals surface area contributed by atoms with Crippen molar-refractivity contribution >= 4 is 69.5 Å². The van der Waals surface area contributed by atoms with Crippen molar-refractivity contribution in [2.75, 3.05) is 0 Å². The molecule has 0 spiro atoms. The molecular weight excluding hydrogens is 457 g/mol. The van der Waals surface area contributed by atoms with Gasteiger partial charge in [0.1, 0.15) is 0 Å². The molecule has 4 aromatic heterocycles. The van der Waals surface area contributed by atoms with Crippen molar-refractivity contribution in [1.82, 2.24) is 0 Å². The van der Waals surface area contributed by atoms with E-state index in [1.807, 2.05) is 24.3 Å². The first-order valence-corrected chi connectivity index (χ1v) is 12.2.